The predicted octanol–water partition coefficient (Wildman–Crippen LogP) is 1.91. The molecule has 3 nitrogen and oxygen atoms in total. The fraction of sp³-hybridized carbons (Fsp3) is 0.917. The molecule has 0 fully saturated rings. The normalized spacial score (nSPS) is 15.5. The van der Waals surface area contributed by atoms with Gasteiger partial charge in [0.2, 0.25) is 5.91 Å². The van der Waals surface area contributed by atoms with Crippen molar-refractivity contribution in [1.29, 1.82) is 0 Å². The van der Waals surface area contributed by atoms with Crippen LogP contribution in [0.4, 0.5) is 0 Å². The highest BCUT2D eigenvalue weighted by atomic mass is 16.2. The average Bonchev–Trinajstić information content (AvgIpc) is 2.00. The van der Waals surface area contributed by atoms with E-state index in [1.807, 2.05) is 6.92 Å². The summed E-state index contributed by atoms with van der Waals surface area (Å²) in [6, 6.07) is -0.143. The molecule has 0 aliphatic heterocycles. The minimum absolute atomic E-state index is 0.0168. The zero-order valence-corrected chi connectivity index (χ0v) is 10.7. The molecule has 2 unspecified atom stereocenters. The zero-order valence-electron chi connectivity index (χ0n) is 10.7. The molecule has 0 aromatic heterocycles. The highest BCUT2D eigenvalue weighted by Crippen LogP contribution is 2.06. The third-order valence-electron chi connectivity index (χ3n) is 2.28. The van der Waals surface area contributed by atoms with Crippen LogP contribution >= 0.6 is 0 Å². The van der Waals surface area contributed by atoms with E-state index in [1.165, 1.54) is 0 Å². The van der Waals surface area contributed by atoms with Crippen LogP contribution < -0.4 is 11.1 Å². The Hall–Kier alpha value is -0.570. The highest BCUT2D eigenvalue weighted by molar-refractivity contribution is 5.81. The number of nitrogens with one attached hydrogen (secondary N) is 1. The van der Waals surface area contributed by atoms with Gasteiger partial charge in [-0.25, -0.2) is 0 Å². The molecule has 0 bridgehead atoms. The molecular weight excluding hydrogens is 188 g/mol. The lowest BCUT2D eigenvalue weighted by molar-refractivity contribution is -0.123. The van der Waals surface area contributed by atoms with Crippen LogP contribution in [-0.4, -0.2) is 18.0 Å². The highest BCUT2D eigenvalue weighted by Gasteiger charge is 2.17. The van der Waals surface area contributed by atoms with Crippen LogP contribution in [0.15, 0.2) is 0 Å². The number of amides is 1. The van der Waals surface area contributed by atoms with E-state index >= 15 is 0 Å². The second kappa shape index (κ2) is 6.83. The third-order valence-corrected chi connectivity index (χ3v) is 2.28. The summed E-state index contributed by atoms with van der Waals surface area (Å²) in [6.07, 6.45) is 1.75. The summed E-state index contributed by atoms with van der Waals surface area (Å²) in [6.45, 7) is 10.5. The van der Waals surface area contributed by atoms with Crippen molar-refractivity contribution in [1.82, 2.24) is 5.32 Å². The van der Waals surface area contributed by atoms with Gasteiger partial charge >= 0.3 is 0 Å². The Morgan fingerprint density at radius 1 is 1.07 bits per heavy atom. The van der Waals surface area contributed by atoms with E-state index in [1.54, 1.807) is 0 Å². The first-order valence-electron chi connectivity index (χ1n) is 5.88. The van der Waals surface area contributed by atoms with Crippen LogP contribution in [-0.2, 0) is 4.79 Å². The van der Waals surface area contributed by atoms with Gasteiger partial charge in [0.15, 0.2) is 0 Å². The number of nitrogens with two attached hydrogens (primary N) is 1. The number of hydrogen-bond acceptors (Lipinski definition) is 2. The quantitative estimate of drug-likeness (QED) is 0.709. The van der Waals surface area contributed by atoms with Crippen molar-refractivity contribution < 1.29 is 4.79 Å². The number of carbonyl (C=O) groups excluding carboxylic acids is 1. The second-order valence-electron chi connectivity index (χ2n) is 5.28. The first-order valence-corrected chi connectivity index (χ1v) is 5.88. The third kappa shape index (κ3) is 7.37. The second-order valence-corrected chi connectivity index (χ2v) is 5.28. The Balaban J connectivity index is 3.90. The van der Waals surface area contributed by atoms with E-state index in [0.717, 1.165) is 12.8 Å². The summed E-state index contributed by atoms with van der Waals surface area (Å²) in [5.41, 5.74) is 5.79. The van der Waals surface area contributed by atoms with Crippen molar-refractivity contribution in [2.24, 2.45) is 17.6 Å². The molecule has 90 valence electrons. The van der Waals surface area contributed by atoms with Gasteiger partial charge in [-0.05, 0) is 31.6 Å². The maximum atomic E-state index is 11.6. The van der Waals surface area contributed by atoms with Crippen LogP contribution in [0.3, 0.4) is 0 Å². The fourth-order valence-corrected chi connectivity index (χ4v) is 1.73. The molecule has 2 atom stereocenters. The Bertz CT molecular complexity index is 190. The maximum absolute atomic E-state index is 11.6. The summed E-state index contributed by atoms with van der Waals surface area (Å²) >= 11 is 0. The van der Waals surface area contributed by atoms with Gasteiger partial charge in [-0.3, -0.25) is 4.79 Å². The lowest BCUT2D eigenvalue weighted by Crippen LogP contribution is -2.45. The fourth-order valence-electron chi connectivity index (χ4n) is 1.73. The summed E-state index contributed by atoms with van der Waals surface area (Å²) in [5, 5.41) is 2.95. The van der Waals surface area contributed by atoms with E-state index in [9.17, 15) is 4.79 Å². The van der Waals surface area contributed by atoms with Gasteiger partial charge in [0.1, 0.15) is 0 Å². The van der Waals surface area contributed by atoms with Crippen molar-refractivity contribution >= 4 is 5.91 Å². The van der Waals surface area contributed by atoms with Gasteiger partial charge < -0.3 is 11.1 Å². The van der Waals surface area contributed by atoms with Crippen molar-refractivity contribution in [3.63, 3.8) is 0 Å². The van der Waals surface area contributed by atoms with Gasteiger partial charge in [-0.15, -0.1) is 0 Å². The van der Waals surface area contributed by atoms with Gasteiger partial charge in [0.25, 0.3) is 0 Å². The molecule has 0 saturated heterocycles. The molecule has 0 saturated carbocycles. The van der Waals surface area contributed by atoms with Gasteiger partial charge in [-0.1, -0.05) is 27.7 Å². The Labute approximate surface area is 93.8 Å². The Morgan fingerprint density at radius 2 is 1.53 bits per heavy atom. The summed E-state index contributed by atoms with van der Waals surface area (Å²) < 4.78 is 0. The molecule has 0 spiro atoms. The van der Waals surface area contributed by atoms with Crippen molar-refractivity contribution in [2.45, 2.75) is 59.5 Å². The summed E-state index contributed by atoms with van der Waals surface area (Å²) in [5.74, 6) is 1.05. The monoisotopic (exact) mass is 214 g/mol. The molecule has 0 heterocycles. The zero-order chi connectivity index (χ0) is 12.0. The minimum atomic E-state index is -0.361. The van der Waals surface area contributed by atoms with Gasteiger partial charge in [0.05, 0.1) is 6.04 Å². The molecule has 0 aliphatic rings. The number of hydrogen-bond donors (Lipinski definition) is 2. The maximum Gasteiger partial charge on any atom is 0.237 e. The number of rotatable bonds is 6. The van der Waals surface area contributed by atoms with Crippen LogP contribution in [0, 0.1) is 11.8 Å². The molecule has 3 heteroatoms. The topological polar surface area (TPSA) is 55.1 Å². The van der Waals surface area contributed by atoms with E-state index in [4.69, 9.17) is 5.73 Å². The lowest BCUT2D eigenvalue weighted by Gasteiger charge is -2.19. The summed E-state index contributed by atoms with van der Waals surface area (Å²) in [7, 11) is 0. The Morgan fingerprint density at radius 3 is 1.93 bits per heavy atom. The average molecular weight is 214 g/mol. The van der Waals surface area contributed by atoms with Crippen LogP contribution in [0.25, 0.3) is 0 Å². The largest absolute Gasteiger partial charge is 0.352 e. The summed E-state index contributed by atoms with van der Waals surface area (Å²) in [4.78, 5) is 11.6. The van der Waals surface area contributed by atoms with E-state index in [2.05, 4.69) is 33.0 Å². The first kappa shape index (κ1) is 14.4. The van der Waals surface area contributed by atoms with E-state index in [0.29, 0.717) is 11.8 Å². The Kier molecular flexibility index (Phi) is 6.57. The minimum Gasteiger partial charge on any atom is -0.352 e. The van der Waals surface area contributed by atoms with Crippen LogP contribution in [0.1, 0.15) is 47.5 Å². The molecule has 3 N–H and O–H groups in total. The molecule has 1 amide bonds. The molecule has 0 radical (unpaired) electrons. The first-order chi connectivity index (χ1) is 6.82. The SMILES string of the molecule is CC(C)CC(C)NC(=O)C(N)CC(C)C. The smallest absolute Gasteiger partial charge is 0.237 e. The van der Waals surface area contributed by atoms with Crippen LogP contribution in [0.5, 0.6) is 0 Å². The van der Waals surface area contributed by atoms with Gasteiger partial charge in [0, 0.05) is 6.04 Å². The van der Waals surface area contributed by atoms with Gasteiger partial charge in [-0.2, -0.15) is 0 Å². The molecule has 0 rings (SSSR count). The molecule has 15 heavy (non-hydrogen) atoms. The standard InChI is InChI=1S/C12H26N2O/c1-8(2)6-10(5)14-12(15)11(13)7-9(3)4/h8-11H,6-7,13H2,1-5H3,(H,14,15). The lowest BCUT2D eigenvalue weighted by atomic mass is 10.0. The molecule has 0 aliphatic carbocycles. The van der Waals surface area contributed by atoms with E-state index < -0.39 is 0 Å². The van der Waals surface area contributed by atoms with Crippen LogP contribution in [0.2, 0.25) is 0 Å². The van der Waals surface area contributed by atoms with Crippen molar-refractivity contribution in [3.05, 3.63) is 0 Å². The number of carbonyl (C=O) groups is 1. The van der Waals surface area contributed by atoms with Crippen molar-refractivity contribution in [3.8, 4) is 0 Å². The molecule has 0 aromatic carbocycles. The predicted molar refractivity (Wildman–Crippen MR) is 64.5 cm³/mol. The van der Waals surface area contributed by atoms with Crippen molar-refractivity contribution in [2.75, 3.05) is 0 Å². The molecular formula is C12H26N2O. The molecule has 0 aromatic rings. The van der Waals surface area contributed by atoms with E-state index in [-0.39, 0.29) is 18.0 Å².